The first-order chi connectivity index (χ1) is 7.65. The van der Waals surface area contributed by atoms with Gasteiger partial charge in [-0.1, -0.05) is 6.92 Å². The van der Waals surface area contributed by atoms with Crippen LogP contribution in [0.1, 0.15) is 26.7 Å². The Morgan fingerprint density at radius 3 is 2.81 bits per heavy atom. The van der Waals surface area contributed by atoms with E-state index in [1.807, 2.05) is 13.8 Å². The Hall–Kier alpha value is -1.10. The predicted octanol–water partition coefficient (Wildman–Crippen LogP) is -0.0992. The van der Waals surface area contributed by atoms with Crippen molar-refractivity contribution in [3.63, 3.8) is 0 Å². The minimum Gasteiger partial charge on any atom is -0.376 e. The monoisotopic (exact) mass is 226 g/mol. The molecule has 0 spiro atoms. The van der Waals surface area contributed by atoms with Crippen molar-refractivity contribution in [1.82, 2.24) is 10.2 Å². The van der Waals surface area contributed by atoms with Gasteiger partial charge in [-0.2, -0.15) is 0 Å². The standard InChI is InChI=1S/C11H18N2O3/c1-3-8-11(15)12-6-10(14)13(8)9-4-5-16-7(9)2/h7-9H,3-6H2,1-2H3,(H,12,15). The molecule has 0 aliphatic carbocycles. The maximum absolute atomic E-state index is 11.9. The number of hydrogen-bond acceptors (Lipinski definition) is 3. The fourth-order valence-corrected chi connectivity index (χ4v) is 2.56. The molecule has 0 saturated carbocycles. The van der Waals surface area contributed by atoms with Gasteiger partial charge in [-0.3, -0.25) is 9.59 Å². The van der Waals surface area contributed by atoms with Crippen LogP contribution in [0.3, 0.4) is 0 Å². The van der Waals surface area contributed by atoms with Crippen molar-refractivity contribution in [2.45, 2.75) is 44.9 Å². The third-order valence-corrected chi connectivity index (χ3v) is 3.42. The fourth-order valence-electron chi connectivity index (χ4n) is 2.56. The summed E-state index contributed by atoms with van der Waals surface area (Å²) >= 11 is 0. The molecule has 1 N–H and O–H groups in total. The highest BCUT2D eigenvalue weighted by atomic mass is 16.5. The van der Waals surface area contributed by atoms with Crippen LogP contribution in [0.4, 0.5) is 0 Å². The van der Waals surface area contributed by atoms with Gasteiger partial charge in [-0.15, -0.1) is 0 Å². The molecule has 2 heterocycles. The molecule has 2 rings (SSSR count). The summed E-state index contributed by atoms with van der Waals surface area (Å²) in [4.78, 5) is 25.3. The van der Waals surface area contributed by atoms with Crippen LogP contribution in [0.5, 0.6) is 0 Å². The molecule has 90 valence electrons. The minimum atomic E-state index is -0.324. The second-order valence-corrected chi connectivity index (χ2v) is 4.37. The van der Waals surface area contributed by atoms with E-state index < -0.39 is 0 Å². The third-order valence-electron chi connectivity index (χ3n) is 3.42. The van der Waals surface area contributed by atoms with Gasteiger partial charge in [0.25, 0.3) is 0 Å². The molecule has 0 bridgehead atoms. The molecule has 3 atom stereocenters. The second kappa shape index (κ2) is 4.41. The first kappa shape index (κ1) is 11.4. The summed E-state index contributed by atoms with van der Waals surface area (Å²) in [5, 5.41) is 2.63. The summed E-state index contributed by atoms with van der Waals surface area (Å²) in [6.45, 7) is 4.69. The lowest BCUT2D eigenvalue weighted by Gasteiger charge is -2.39. The molecule has 0 aromatic rings. The van der Waals surface area contributed by atoms with Crippen molar-refractivity contribution in [2.75, 3.05) is 13.2 Å². The maximum Gasteiger partial charge on any atom is 0.243 e. The number of amides is 2. The van der Waals surface area contributed by atoms with Crippen molar-refractivity contribution in [3.05, 3.63) is 0 Å². The van der Waals surface area contributed by atoms with E-state index in [4.69, 9.17) is 4.74 Å². The summed E-state index contributed by atoms with van der Waals surface area (Å²) in [5.41, 5.74) is 0. The van der Waals surface area contributed by atoms with E-state index in [1.54, 1.807) is 4.90 Å². The Balaban J connectivity index is 2.20. The highest BCUT2D eigenvalue weighted by molar-refractivity contribution is 5.95. The van der Waals surface area contributed by atoms with Gasteiger partial charge in [0, 0.05) is 6.61 Å². The van der Waals surface area contributed by atoms with Crippen LogP contribution in [0.25, 0.3) is 0 Å². The average Bonchev–Trinajstić information content (AvgIpc) is 2.67. The summed E-state index contributed by atoms with van der Waals surface area (Å²) in [5.74, 6) is -0.0324. The summed E-state index contributed by atoms with van der Waals surface area (Å²) < 4.78 is 5.47. The number of ether oxygens (including phenoxy) is 1. The number of nitrogens with zero attached hydrogens (tertiary/aromatic N) is 1. The van der Waals surface area contributed by atoms with E-state index in [9.17, 15) is 9.59 Å². The molecule has 2 amide bonds. The zero-order valence-corrected chi connectivity index (χ0v) is 9.73. The fraction of sp³-hybridized carbons (Fsp3) is 0.818. The molecule has 0 aromatic heterocycles. The topological polar surface area (TPSA) is 58.6 Å². The van der Waals surface area contributed by atoms with Crippen molar-refractivity contribution >= 4 is 11.8 Å². The van der Waals surface area contributed by atoms with Crippen molar-refractivity contribution in [1.29, 1.82) is 0 Å². The molecule has 2 aliphatic heterocycles. The maximum atomic E-state index is 11.9. The van der Waals surface area contributed by atoms with E-state index in [0.29, 0.717) is 13.0 Å². The lowest BCUT2D eigenvalue weighted by Crippen LogP contribution is -2.62. The molecule has 2 fully saturated rings. The number of hydrogen-bond donors (Lipinski definition) is 1. The van der Waals surface area contributed by atoms with E-state index in [-0.39, 0.29) is 36.5 Å². The van der Waals surface area contributed by atoms with Crippen LogP contribution in [0, 0.1) is 0 Å². The number of nitrogens with one attached hydrogen (secondary N) is 1. The lowest BCUT2D eigenvalue weighted by atomic mass is 10.0. The van der Waals surface area contributed by atoms with Crippen LogP contribution in [-0.2, 0) is 14.3 Å². The van der Waals surface area contributed by atoms with E-state index >= 15 is 0 Å². The van der Waals surface area contributed by atoms with E-state index in [1.165, 1.54) is 0 Å². The van der Waals surface area contributed by atoms with Gasteiger partial charge in [0.1, 0.15) is 6.04 Å². The Morgan fingerprint density at radius 1 is 1.50 bits per heavy atom. The largest absolute Gasteiger partial charge is 0.376 e. The van der Waals surface area contributed by atoms with Gasteiger partial charge in [-0.05, 0) is 19.8 Å². The molecule has 5 nitrogen and oxygen atoms in total. The van der Waals surface area contributed by atoms with Gasteiger partial charge < -0.3 is 15.0 Å². The van der Waals surface area contributed by atoms with Crippen LogP contribution < -0.4 is 5.32 Å². The molecule has 16 heavy (non-hydrogen) atoms. The van der Waals surface area contributed by atoms with Crippen LogP contribution in [0.15, 0.2) is 0 Å². The van der Waals surface area contributed by atoms with E-state index in [0.717, 1.165) is 6.42 Å². The lowest BCUT2D eigenvalue weighted by molar-refractivity contribution is -0.149. The second-order valence-electron chi connectivity index (χ2n) is 4.37. The summed E-state index contributed by atoms with van der Waals surface area (Å²) in [7, 11) is 0. The number of carbonyl (C=O) groups is 2. The van der Waals surface area contributed by atoms with Gasteiger partial charge in [-0.25, -0.2) is 0 Å². The Bertz CT molecular complexity index is 306. The molecule has 0 radical (unpaired) electrons. The van der Waals surface area contributed by atoms with Gasteiger partial charge in [0.2, 0.25) is 11.8 Å². The molecule has 0 aromatic carbocycles. The van der Waals surface area contributed by atoms with E-state index in [2.05, 4.69) is 5.32 Å². The smallest absolute Gasteiger partial charge is 0.243 e. The molecule has 2 aliphatic rings. The van der Waals surface area contributed by atoms with Crippen molar-refractivity contribution in [3.8, 4) is 0 Å². The van der Waals surface area contributed by atoms with Gasteiger partial charge >= 0.3 is 0 Å². The predicted molar refractivity (Wildman–Crippen MR) is 57.8 cm³/mol. The molecule has 2 saturated heterocycles. The average molecular weight is 226 g/mol. The van der Waals surface area contributed by atoms with Gasteiger partial charge in [0.05, 0.1) is 18.7 Å². The van der Waals surface area contributed by atoms with Crippen LogP contribution in [0.2, 0.25) is 0 Å². The zero-order chi connectivity index (χ0) is 11.7. The number of carbonyl (C=O) groups excluding carboxylic acids is 2. The highest BCUT2D eigenvalue weighted by Crippen LogP contribution is 2.24. The Labute approximate surface area is 95.1 Å². The first-order valence-corrected chi connectivity index (χ1v) is 5.85. The molecular formula is C11H18N2O3. The zero-order valence-electron chi connectivity index (χ0n) is 9.73. The van der Waals surface area contributed by atoms with Crippen LogP contribution >= 0.6 is 0 Å². The SMILES string of the molecule is CCC1C(=O)NCC(=O)N1C1CCOC1C. The number of rotatable bonds is 2. The third kappa shape index (κ3) is 1.80. The van der Waals surface area contributed by atoms with Crippen molar-refractivity contribution in [2.24, 2.45) is 0 Å². The van der Waals surface area contributed by atoms with Gasteiger partial charge in [0.15, 0.2) is 0 Å². The highest BCUT2D eigenvalue weighted by Gasteiger charge is 2.41. The molecule has 3 unspecified atom stereocenters. The Morgan fingerprint density at radius 2 is 2.25 bits per heavy atom. The molecular weight excluding hydrogens is 208 g/mol. The van der Waals surface area contributed by atoms with Crippen molar-refractivity contribution < 1.29 is 14.3 Å². The quantitative estimate of drug-likeness (QED) is 0.715. The summed E-state index contributed by atoms with van der Waals surface area (Å²) in [6, 6.07) is -0.265. The normalized spacial score (nSPS) is 35.4. The number of piperazine rings is 1. The summed E-state index contributed by atoms with van der Waals surface area (Å²) in [6.07, 6.45) is 1.52. The Kier molecular flexibility index (Phi) is 3.14. The minimum absolute atomic E-state index is 0.00815. The van der Waals surface area contributed by atoms with Crippen LogP contribution in [-0.4, -0.2) is 48.1 Å². The molecule has 5 heteroatoms. The first-order valence-electron chi connectivity index (χ1n) is 5.85.